The number of anilines is 1. The molecule has 0 bridgehead atoms. The lowest BCUT2D eigenvalue weighted by molar-refractivity contribution is -0.141. The fourth-order valence-electron chi connectivity index (χ4n) is 3.00. The van der Waals surface area contributed by atoms with Gasteiger partial charge >= 0.3 is 6.18 Å². The van der Waals surface area contributed by atoms with Crippen molar-refractivity contribution in [1.29, 1.82) is 0 Å². The highest BCUT2D eigenvalue weighted by atomic mass is 19.4. The lowest BCUT2D eigenvalue weighted by Gasteiger charge is -2.46. The zero-order valence-corrected chi connectivity index (χ0v) is 12.4. The fraction of sp³-hybridized carbons (Fsp3) is 0.714. The molecule has 3 heterocycles. The monoisotopic (exact) mass is 316 g/mol. The van der Waals surface area contributed by atoms with Gasteiger partial charge in [0.05, 0.1) is 18.8 Å². The van der Waals surface area contributed by atoms with Crippen LogP contribution >= 0.6 is 0 Å². The summed E-state index contributed by atoms with van der Waals surface area (Å²) < 4.78 is 44.3. The summed E-state index contributed by atoms with van der Waals surface area (Å²) in [6, 6.07) is 0.898. The van der Waals surface area contributed by atoms with E-state index in [4.69, 9.17) is 4.74 Å². The standard InChI is InChI=1S/C14H19F3N4O/c1-20-6-3-13(4-7-20)10-21(8-9-22-13)12-18-5-2-11(19-12)14(15,16)17/h2,5H,3-4,6-10H2,1H3. The maximum atomic E-state index is 12.8. The van der Waals surface area contributed by atoms with Crippen LogP contribution < -0.4 is 4.90 Å². The molecule has 8 heteroatoms. The minimum atomic E-state index is -4.45. The summed E-state index contributed by atoms with van der Waals surface area (Å²) in [5.74, 6) is 0.136. The number of hydrogen-bond donors (Lipinski definition) is 0. The average molecular weight is 316 g/mol. The summed E-state index contributed by atoms with van der Waals surface area (Å²) in [5.41, 5.74) is -1.19. The van der Waals surface area contributed by atoms with Gasteiger partial charge in [-0.3, -0.25) is 0 Å². The van der Waals surface area contributed by atoms with Crippen LogP contribution in [-0.2, 0) is 10.9 Å². The van der Waals surface area contributed by atoms with Gasteiger partial charge in [-0.2, -0.15) is 13.2 Å². The molecule has 0 radical (unpaired) electrons. The molecule has 122 valence electrons. The van der Waals surface area contributed by atoms with Crippen LogP contribution in [0.1, 0.15) is 18.5 Å². The largest absolute Gasteiger partial charge is 0.433 e. The van der Waals surface area contributed by atoms with Crippen molar-refractivity contribution in [3.05, 3.63) is 18.0 Å². The third-order valence-electron chi connectivity index (χ3n) is 4.36. The molecule has 1 aromatic rings. The molecule has 0 unspecified atom stereocenters. The highest BCUT2D eigenvalue weighted by Gasteiger charge is 2.40. The molecule has 0 atom stereocenters. The van der Waals surface area contributed by atoms with Crippen molar-refractivity contribution >= 4 is 5.95 Å². The number of rotatable bonds is 1. The van der Waals surface area contributed by atoms with Gasteiger partial charge < -0.3 is 14.5 Å². The average Bonchev–Trinajstić information content (AvgIpc) is 2.50. The van der Waals surface area contributed by atoms with Crippen molar-refractivity contribution in [3.8, 4) is 0 Å². The zero-order chi connectivity index (χ0) is 15.8. The Bertz CT molecular complexity index is 529. The van der Waals surface area contributed by atoms with E-state index in [1.165, 1.54) is 6.20 Å². The van der Waals surface area contributed by atoms with Gasteiger partial charge in [-0.25, -0.2) is 9.97 Å². The number of nitrogens with zero attached hydrogens (tertiary/aromatic N) is 4. The first kappa shape index (κ1) is 15.5. The quantitative estimate of drug-likeness (QED) is 0.790. The van der Waals surface area contributed by atoms with Crippen LogP contribution in [0, 0.1) is 0 Å². The maximum absolute atomic E-state index is 12.8. The Morgan fingerprint density at radius 3 is 2.64 bits per heavy atom. The molecule has 2 saturated heterocycles. The Kier molecular flexibility index (Phi) is 3.98. The summed E-state index contributed by atoms with van der Waals surface area (Å²) in [6.07, 6.45) is -1.53. The van der Waals surface area contributed by atoms with Gasteiger partial charge in [-0.1, -0.05) is 0 Å². The third-order valence-corrected chi connectivity index (χ3v) is 4.36. The minimum Gasteiger partial charge on any atom is -0.371 e. The van der Waals surface area contributed by atoms with E-state index < -0.39 is 11.9 Å². The number of morpholine rings is 1. The first-order valence-electron chi connectivity index (χ1n) is 7.36. The SMILES string of the molecule is CN1CCC2(CC1)CN(c1nccc(C(F)(F)F)n1)CCO2. The molecule has 1 aromatic heterocycles. The zero-order valence-electron chi connectivity index (χ0n) is 12.4. The summed E-state index contributed by atoms with van der Waals surface area (Å²) >= 11 is 0. The number of halogens is 3. The van der Waals surface area contributed by atoms with E-state index in [0.29, 0.717) is 19.7 Å². The Balaban J connectivity index is 1.78. The normalized spacial score (nSPS) is 23.0. The molecule has 3 rings (SSSR count). The highest BCUT2D eigenvalue weighted by molar-refractivity contribution is 5.33. The number of alkyl halides is 3. The van der Waals surface area contributed by atoms with Gasteiger partial charge in [0, 0.05) is 25.8 Å². The molecule has 0 aromatic carbocycles. The Labute approximate surface area is 127 Å². The predicted molar refractivity (Wildman–Crippen MR) is 74.7 cm³/mol. The van der Waals surface area contributed by atoms with Gasteiger partial charge in [-0.15, -0.1) is 0 Å². The summed E-state index contributed by atoms with van der Waals surface area (Å²) in [7, 11) is 2.06. The van der Waals surface area contributed by atoms with Gasteiger partial charge in [0.1, 0.15) is 5.69 Å². The van der Waals surface area contributed by atoms with E-state index in [2.05, 4.69) is 21.9 Å². The molecule has 22 heavy (non-hydrogen) atoms. The Morgan fingerprint density at radius 2 is 1.95 bits per heavy atom. The first-order chi connectivity index (χ1) is 10.4. The Hall–Kier alpha value is -1.41. The second kappa shape index (κ2) is 5.66. The van der Waals surface area contributed by atoms with Crippen molar-refractivity contribution in [2.75, 3.05) is 44.7 Å². The van der Waals surface area contributed by atoms with E-state index in [-0.39, 0.29) is 11.5 Å². The molecule has 2 aliphatic rings. The van der Waals surface area contributed by atoms with Crippen molar-refractivity contribution in [2.24, 2.45) is 0 Å². The van der Waals surface area contributed by atoms with Crippen molar-refractivity contribution in [3.63, 3.8) is 0 Å². The third kappa shape index (κ3) is 3.17. The van der Waals surface area contributed by atoms with E-state index >= 15 is 0 Å². The van der Waals surface area contributed by atoms with E-state index in [9.17, 15) is 13.2 Å². The smallest absolute Gasteiger partial charge is 0.371 e. The van der Waals surface area contributed by atoms with E-state index in [1.54, 1.807) is 0 Å². The lowest BCUT2D eigenvalue weighted by Crippen LogP contribution is -2.56. The topological polar surface area (TPSA) is 41.5 Å². The van der Waals surface area contributed by atoms with Crippen LogP contribution in [0.25, 0.3) is 0 Å². The molecule has 0 N–H and O–H groups in total. The molecule has 0 aliphatic carbocycles. The minimum absolute atomic E-state index is 0.136. The first-order valence-corrected chi connectivity index (χ1v) is 7.36. The van der Waals surface area contributed by atoms with Crippen LogP contribution in [-0.4, -0.2) is 60.3 Å². The molecule has 2 aliphatic heterocycles. The van der Waals surface area contributed by atoms with Crippen molar-refractivity contribution in [1.82, 2.24) is 14.9 Å². The van der Waals surface area contributed by atoms with Crippen LogP contribution in [0.2, 0.25) is 0 Å². The number of likely N-dealkylation sites (tertiary alicyclic amines) is 1. The summed E-state index contributed by atoms with van der Waals surface area (Å²) in [6.45, 7) is 3.40. The summed E-state index contributed by atoms with van der Waals surface area (Å²) in [5, 5.41) is 0. The lowest BCUT2D eigenvalue weighted by atomic mass is 9.89. The second-order valence-electron chi connectivity index (χ2n) is 6.00. The van der Waals surface area contributed by atoms with Gasteiger partial charge in [0.25, 0.3) is 0 Å². The van der Waals surface area contributed by atoms with Gasteiger partial charge in [0.2, 0.25) is 5.95 Å². The van der Waals surface area contributed by atoms with Crippen molar-refractivity contribution < 1.29 is 17.9 Å². The molecule has 2 fully saturated rings. The molecule has 1 spiro atoms. The second-order valence-corrected chi connectivity index (χ2v) is 6.00. The van der Waals surface area contributed by atoms with E-state index in [0.717, 1.165) is 32.0 Å². The van der Waals surface area contributed by atoms with Crippen molar-refractivity contribution in [2.45, 2.75) is 24.6 Å². The number of hydrogen-bond acceptors (Lipinski definition) is 5. The number of aromatic nitrogens is 2. The number of piperidine rings is 1. The summed E-state index contributed by atoms with van der Waals surface area (Å²) in [4.78, 5) is 11.7. The van der Waals surface area contributed by atoms with Crippen LogP contribution in [0.15, 0.2) is 12.3 Å². The van der Waals surface area contributed by atoms with E-state index in [1.807, 2.05) is 4.90 Å². The molecule has 0 saturated carbocycles. The number of ether oxygens (including phenoxy) is 1. The van der Waals surface area contributed by atoms with Gasteiger partial charge in [-0.05, 0) is 26.0 Å². The van der Waals surface area contributed by atoms with Crippen LogP contribution in [0.5, 0.6) is 0 Å². The predicted octanol–water partition coefficient (Wildman–Crippen LogP) is 1.80. The Morgan fingerprint density at radius 1 is 1.23 bits per heavy atom. The molecule has 0 amide bonds. The maximum Gasteiger partial charge on any atom is 0.433 e. The molecular weight excluding hydrogens is 297 g/mol. The fourth-order valence-corrected chi connectivity index (χ4v) is 3.00. The van der Waals surface area contributed by atoms with Crippen LogP contribution in [0.3, 0.4) is 0 Å². The van der Waals surface area contributed by atoms with Crippen LogP contribution in [0.4, 0.5) is 19.1 Å². The molecular formula is C14H19F3N4O. The highest BCUT2D eigenvalue weighted by Crippen LogP contribution is 2.32. The van der Waals surface area contributed by atoms with Gasteiger partial charge in [0.15, 0.2) is 0 Å². The molecule has 5 nitrogen and oxygen atoms in total.